The Morgan fingerprint density at radius 3 is 2.50 bits per heavy atom. The van der Waals surface area contributed by atoms with Crippen LogP contribution in [0.4, 0.5) is 0 Å². The average molecular weight is 303 g/mol. The molecule has 0 aromatic carbocycles. The van der Waals surface area contributed by atoms with E-state index >= 15 is 0 Å². The number of amides is 1. The molecule has 3 fully saturated rings. The van der Waals surface area contributed by atoms with Gasteiger partial charge in [-0.15, -0.1) is 0 Å². The number of furan rings is 1. The molecule has 5 heteroatoms. The summed E-state index contributed by atoms with van der Waals surface area (Å²) in [5.74, 6) is 2.11. The highest BCUT2D eigenvalue weighted by Crippen LogP contribution is 2.35. The first-order valence-electron chi connectivity index (χ1n) is 8.60. The molecular weight excluding hydrogens is 278 g/mol. The number of carbonyl (C=O) groups is 1. The van der Waals surface area contributed by atoms with Gasteiger partial charge in [0.2, 0.25) is 0 Å². The van der Waals surface area contributed by atoms with Gasteiger partial charge in [0.05, 0.1) is 6.26 Å². The smallest absolute Gasteiger partial charge is 0.289 e. The molecule has 1 aromatic heterocycles. The Morgan fingerprint density at radius 1 is 1.14 bits per heavy atom. The van der Waals surface area contributed by atoms with E-state index in [1.807, 2.05) is 4.90 Å². The number of fused-ring (bicyclic) bond motifs is 2. The number of nitrogens with one attached hydrogen (secondary N) is 1. The summed E-state index contributed by atoms with van der Waals surface area (Å²) in [5, 5.41) is 3.60. The van der Waals surface area contributed by atoms with Crippen LogP contribution >= 0.6 is 0 Å². The number of hydrogen-bond acceptors (Lipinski definition) is 4. The third-order valence-electron chi connectivity index (χ3n) is 5.68. The van der Waals surface area contributed by atoms with Crippen LogP contribution in [0.15, 0.2) is 22.8 Å². The highest BCUT2D eigenvalue weighted by molar-refractivity contribution is 5.91. The lowest BCUT2D eigenvalue weighted by Gasteiger charge is -2.50. The molecule has 3 aliphatic rings. The molecule has 1 N–H and O–H groups in total. The maximum Gasteiger partial charge on any atom is 0.289 e. The Balaban J connectivity index is 1.38. The van der Waals surface area contributed by atoms with Gasteiger partial charge >= 0.3 is 0 Å². The number of nitrogens with zero attached hydrogens (tertiary/aromatic N) is 2. The predicted octanol–water partition coefficient (Wildman–Crippen LogP) is 1.43. The number of piperidine rings is 1. The molecule has 1 aliphatic carbocycles. The second-order valence-electron chi connectivity index (χ2n) is 6.91. The summed E-state index contributed by atoms with van der Waals surface area (Å²) < 4.78 is 5.24. The molecule has 0 radical (unpaired) electrons. The lowest BCUT2D eigenvalue weighted by molar-refractivity contribution is 0.00211. The fourth-order valence-corrected chi connectivity index (χ4v) is 4.64. The molecule has 1 aromatic rings. The molecule has 3 heterocycles. The first kappa shape index (κ1) is 14.3. The molecule has 2 saturated heterocycles. The molecule has 1 amide bonds. The predicted molar refractivity (Wildman–Crippen MR) is 83.7 cm³/mol. The largest absolute Gasteiger partial charge is 0.459 e. The Bertz CT molecular complexity index is 486. The van der Waals surface area contributed by atoms with Crippen LogP contribution in [0.3, 0.4) is 0 Å². The summed E-state index contributed by atoms with van der Waals surface area (Å²) in [7, 11) is 0. The number of piperazine rings is 1. The van der Waals surface area contributed by atoms with Crippen LogP contribution in [0, 0.1) is 11.8 Å². The van der Waals surface area contributed by atoms with Gasteiger partial charge in [0.15, 0.2) is 5.76 Å². The van der Waals surface area contributed by atoms with Crippen LogP contribution < -0.4 is 5.32 Å². The van der Waals surface area contributed by atoms with Crippen LogP contribution in [-0.4, -0.2) is 61.0 Å². The zero-order valence-corrected chi connectivity index (χ0v) is 13.0. The van der Waals surface area contributed by atoms with Crippen molar-refractivity contribution in [2.24, 2.45) is 11.8 Å². The molecule has 120 valence electrons. The van der Waals surface area contributed by atoms with Gasteiger partial charge in [0.1, 0.15) is 0 Å². The Morgan fingerprint density at radius 2 is 1.86 bits per heavy atom. The van der Waals surface area contributed by atoms with E-state index in [4.69, 9.17) is 4.42 Å². The van der Waals surface area contributed by atoms with E-state index in [0.717, 1.165) is 44.1 Å². The van der Waals surface area contributed by atoms with Gasteiger partial charge in [-0.3, -0.25) is 9.69 Å². The fraction of sp³-hybridized carbons (Fsp3) is 0.706. The van der Waals surface area contributed by atoms with Crippen molar-refractivity contribution >= 4 is 5.91 Å². The van der Waals surface area contributed by atoms with Crippen molar-refractivity contribution in [3.05, 3.63) is 24.2 Å². The Hall–Kier alpha value is -1.33. The van der Waals surface area contributed by atoms with E-state index in [9.17, 15) is 4.79 Å². The monoisotopic (exact) mass is 303 g/mol. The molecule has 0 unspecified atom stereocenters. The SMILES string of the molecule is O=C(c1ccco1)N1CCN(C2[C@H]3CCC[C@H]2CNC3)CC1. The maximum atomic E-state index is 12.3. The molecule has 2 atom stereocenters. The summed E-state index contributed by atoms with van der Waals surface area (Å²) >= 11 is 0. The molecule has 1 saturated carbocycles. The second-order valence-corrected chi connectivity index (χ2v) is 6.91. The van der Waals surface area contributed by atoms with E-state index < -0.39 is 0 Å². The van der Waals surface area contributed by atoms with Crippen molar-refractivity contribution in [1.82, 2.24) is 15.1 Å². The average Bonchev–Trinajstić information content (AvgIpc) is 3.08. The Labute approximate surface area is 131 Å². The zero-order valence-electron chi connectivity index (χ0n) is 13.0. The summed E-state index contributed by atoms with van der Waals surface area (Å²) in [6, 6.07) is 4.27. The number of hydrogen-bond donors (Lipinski definition) is 1. The third-order valence-corrected chi connectivity index (χ3v) is 5.68. The van der Waals surface area contributed by atoms with Crippen molar-refractivity contribution in [2.75, 3.05) is 39.3 Å². The van der Waals surface area contributed by atoms with Crippen molar-refractivity contribution in [3.63, 3.8) is 0 Å². The van der Waals surface area contributed by atoms with E-state index in [1.165, 1.54) is 32.4 Å². The van der Waals surface area contributed by atoms with E-state index in [1.54, 1.807) is 18.4 Å². The summed E-state index contributed by atoms with van der Waals surface area (Å²) in [5.41, 5.74) is 0. The summed E-state index contributed by atoms with van der Waals surface area (Å²) in [6.45, 7) is 6.00. The first-order chi connectivity index (χ1) is 10.8. The molecule has 22 heavy (non-hydrogen) atoms. The van der Waals surface area contributed by atoms with Gasteiger partial charge in [0.25, 0.3) is 5.91 Å². The van der Waals surface area contributed by atoms with Crippen LogP contribution in [0.5, 0.6) is 0 Å². The van der Waals surface area contributed by atoms with Gasteiger partial charge in [-0.1, -0.05) is 6.42 Å². The van der Waals surface area contributed by atoms with Crippen molar-refractivity contribution in [1.29, 1.82) is 0 Å². The standard InChI is InChI=1S/C17H25N3O2/c21-17(15-5-2-10-22-15)20-8-6-19(7-9-20)16-13-3-1-4-14(16)12-18-11-13/h2,5,10,13-14,16,18H,1,3-4,6-9,11-12H2/t13-,14-/m0/s1. The van der Waals surface area contributed by atoms with Gasteiger partial charge < -0.3 is 14.6 Å². The molecule has 5 nitrogen and oxygen atoms in total. The van der Waals surface area contributed by atoms with E-state index in [2.05, 4.69) is 10.2 Å². The normalized spacial score (nSPS) is 32.9. The van der Waals surface area contributed by atoms with Crippen LogP contribution in [-0.2, 0) is 0 Å². The first-order valence-corrected chi connectivity index (χ1v) is 8.60. The van der Waals surface area contributed by atoms with Gasteiger partial charge in [-0.25, -0.2) is 0 Å². The molecule has 4 rings (SSSR count). The number of carbonyl (C=O) groups excluding carboxylic acids is 1. The highest BCUT2D eigenvalue weighted by Gasteiger charge is 2.40. The molecular formula is C17H25N3O2. The van der Waals surface area contributed by atoms with Crippen LogP contribution in [0.2, 0.25) is 0 Å². The van der Waals surface area contributed by atoms with Crippen molar-refractivity contribution in [3.8, 4) is 0 Å². The topological polar surface area (TPSA) is 48.7 Å². The number of rotatable bonds is 2. The second kappa shape index (κ2) is 6.05. The zero-order chi connectivity index (χ0) is 14.9. The summed E-state index contributed by atoms with van der Waals surface area (Å²) in [4.78, 5) is 16.9. The maximum absolute atomic E-state index is 12.3. The van der Waals surface area contributed by atoms with Gasteiger partial charge in [0, 0.05) is 32.2 Å². The minimum absolute atomic E-state index is 0.0372. The van der Waals surface area contributed by atoms with Gasteiger partial charge in [-0.05, 0) is 49.9 Å². The lowest BCUT2D eigenvalue weighted by Crippen LogP contribution is -2.61. The van der Waals surface area contributed by atoms with Crippen molar-refractivity contribution in [2.45, 2.75) is 25.3 Å². The Kier molecular flexibility index (Phi) is 3.92. The third kappa shape index (κ3) is 2.57. The van der Waals surface area contributed by atoms with E-state index in [0.29, 0.717) is 5.76 Å². The highest BCUT2D eigenvalue weighted by atomic mass is 16.3. The lowest BCUT2D eigenvalue weighted by atomic mass is 9.73. The van der Waals surface area contributed by atoms with Crippen LogP contribution in [0.1, 0.15) is 29.8 Å². The molecule has 2 bridgehead atoms. The quantitative estimate of drug-likeness (QED) is 0.898. The minimum atomic E-state index is 0.0372. The summed E-state index contributed by atoms with van der Waals surface area (Å²) in [6.07, 6.45) is 5.68. The van der Waals surface area contributed by atoms with Gasteiger partial charge in [-0.2, -0.15) is 0 Å². The molecule has 0 spiro atoms. The van der Waals surface area contributed by atoms with E-state index in [-0.39, 0.29) is 5.91 Å². The fourth-order valence-electron chi connectivity index (χ4n) is 4.64. The van der Waals surface area contributed by atoms with Crippen LogP contribution in [0.25, 0.3) is 0 Å². The molecule has 2 aliphatic heterocycles. The minimum Gasteiger partial charge on any atom is -0.459 e. The van der Waals surface area contributed by atoms with Crippen molar-refractivity contribution < 1.29 is 9.21 Å².